The average Bonchev–Trinajstić information content (AvgIpc) is 3.01. The number of hydrogen-bond acceptors (Lipinski definition) is 3. The number of rotatable bonds is 5. The van der Waals surface area contributed by atoms with Crippen LogP contribution >= 0.6 is 0 Å². The molecule has 0 saturated carbocycles. The summed E-state index contributed by atoms with van der Waals surface area (Å²) in [4.78, 5) is 25.6. The highest BCUT2D eigenvalue weighted by Crippen LogP contribution is 2.46. The normalized spacial score (nSPS) is 22.8. The Morgan fingerprint density at radius 1 is 1.33 bits per heavy atom. The number of nitrogens with zero attached hydrogens (tertiary/aromatic N) is 1. The molecule has 6 heteroatoms. The zero-order valence-corrected chi connectivity index (χ0v) is 13.7. The van der Waals surface area contributed by atoms with Crippen molar-refractivity contribution in [1.82, 2.24) is 10.2 Å². The van der Waals surface area contributed by atoms with Gasteiger partial charge in [-0.1, -0.05) is 6.08 Å². The van der Waals surface area contributed by atoms with Crippen LogP contribution in [-0.2, 0) is 9.59 Å². The Labute approximate surface area is 140 Å². The van der Waals surface area contributed by atoms with Crippen LogP contribution in [0, 0.1) is 11.2 Å². The van der Waals surface area contributed by atoms with Crippen molar-refractivity contribution in [2.45, 2.75) is 25.7 Å². The van der Waals surface area contributed by atoms with E-state index in [0.717, 1.165) is 25.0 Å². The van der Waals surface area contributed by atoms with E-state index in [-0.39, 0.29) is 29.7 Å². The predicted molar refractivity (Wildman–Crippen MR) is 86.7 cm³/mol. The molecule has 0 bridgehead atoms. The molecule has 1 aliphatic heterocycles. The lowest BCUT2D eigenvalue weighted by atomic mass is 9.77. The molecule has 3 rings (SSSR count). The minimum atomic E-state index is -0.345. The Morgan fingerprint density at radius 2 is 2.08 bits per heavy atom. The maximum atomic E-state index is 12.8. The van der Waals surface area contributed by atoms with Crippen LogP contribution in [0.1, 0.15) is 25.7 Å². The first kappa shape index (κ1) is 16.5. The number of benzene rings is 1. The van der Waals surface area contributed by atoms with Gasteiger partial charge in [-0.15, -0.1) is 0 Å². The SMILES string of the molecule is CN1C(=O)CCC2(CNC(=O)COc3ccc(F)cc3)CCC=C12. The van der Waals surface area contributed by atoms with E-state index in [1.165, 1.54) is 24.3 Å². The molecule has 2 amide bonds. The van der Waals surface area contributed by atoms with Crippen LogP contribution in [0.15, 0.2) is 36.0 Å². The molecule has 1 unspecified atom stereocenters. The van der Waals surface area contributed by atoms with Crippen molar-refractivity contribution in [3.8, 4) is 5.75 Å². The maximum absolute atomic E-state index is 12.8. The van der Waals surface area contributed by atoms with Gasteiger partial charge in [-0.25, -0.2) is 4.39 Å². The fourth-order valence-corrected chi connectivity index (χ4v) is 3.49. The number of piperidine rings is 1. The van der Waals surface area contributed by atoms with Crippen molar-refractivity contribution in [2.24, 2.45) is 5.41 Å². The Bertz CT molecular complexity index is 671. The summed E-state index contributed by atoms with van der Waals surface area (Å²) in [5, 5.41) is 2.91. The van der Waals surface area contributed by atoms with Crippen molar-refractivity contribution in [3.63, 3.8) is 0 Å². The van der Waals surface area contributed by atoms with Gasteiger partial charge in [-0.2, -0.15) is 0 Å². The molecule has 1 fully saturated rings. The summed E-state index contributed by atoms with van der Waals surface area (Å²) < 4.78 is 18.2. The van der Waals surface area contributed by atoms with E-state index >= 15 is 0 Å². The number of carbonyl (C=O) groups is 2. The third-order valence-corrected chi connectivity index (χ3v) is 4.86. The minimum absolute atomic E-state index is 0.116. The first-order chi connectivity index (χ1) is 11.5. The standard InChI is InChI=1S/C18H21FN2O3/c1-21-15-3-2-9-18(15,10-8-17(21)23)12-20-16(22)11-24-14-6-4-13(19)5-7-14/h3-7H,2,8-12H2,1H3,(H,20,22). The smallest absolute Gasteiger partial charge is 0.257 e. The molecular formula is C18H21FN2O3. The molecule has 1 N–H and O–H groups in total. The van der Waals surface area contributed by atoms with Crippen molar-refractivity contribution >= 4 is 11.8 Å². The summed E-state index contributed by atoms with van der Waals surface area (Å²) in [6.07, 6.45) is 5.24. The van der Waals surface area contributed by atoms with E-state index in [1.807, 2.05) is 0 Å². The number of ether oxygens (including phenoxy) is 1. The Morgan fingerprint density at radius 3 is 2.83 bits per heavy atom. The van der Waals surface area contributed by atoms with E-state index in [9.17, 15) is 14.0 Å². The molecular weight excluding hydrogens is 311 g/mol. The third-order valence-electron chi connectivity index (χ3n) is 4.86. The Kier molecular flexibility index (Phi) is 4.55. The highest BCUT2D eigenvalue weighted by atomic mass is 19.1. The molecule has 5 nitrogen and oxygen atoms in total. The molecule has 1 saturated heterocycles. The van der Waals surface area contributed by atoms with Crippen LogP contribution in [0.2, 0.25) is 0 Å². The van der Waals surface area contributed by atoms with E-state index in [0.29, 0.717) is 18.7 Å². The third kappa shape index (κ3) is 3.27. The van der Waals surface area contributed by atoms with Gasteiger partial charge in [-0.05, 0) is 43.5 Å². The maximum Gasteiger partial charge on any atom is 0.257 e. The Balaban J connectivity index is 1.53. The fraction of sp³-hybridized carbons (Fsp3) is 0.444. The number of likely N-dealkylation sites (tertiary alicyclic amines) is 1. The first-order valence-electron chi connectivity index (χ1n) is 8.12. The topological polar surface area (TPSA) is 58.6 Å². The van der Waals surface area contributed by atoms with Gasteiger partial charge in [0.1, 0.15) is 11.6 Å². The summed E-state index contributed by atoms with van der Waals surface area (Å²) in [6.45, 7) is 0.387. The molecule has 1 heterocycles. The zero-order chi connectivity index (χ0) is 17.2. The summed E-state index contributed by atoms with van der Waals surface area (Å²) in [6, 6.07) is 5.55. The van der Waals surface area contributed by atoms with E-state index < -0.39 is 0 Å². The summed E-state index contributed by atoms with van der Waals surface area (Å²) in [5.74, 6) is 0.0147. The largest absolute Gasteiger partial charge is 0.484 e. The molecule has 2 aliphatic rings. The van der Waals surface area contributed by atoms with Gasteiger partial charge in [0.2, 0.25) is 5.91 Å². The van der Waals surface area contributed by atoms with Crippen LogP contribution < -0.4 is 10.1 Å². The van der Waals surface area contributed by atoms with E-state index in [4.69, 9.17) is 4.74 Å². The van der Waals surface area contributed by atoms with Crippen LogP contribution in [-0.4, -0.2) is 36.9 Å². The van der Waals surface area contributed by atoms with Crippen molar-refractivity contribution in [2.75, 3.05) is 20.2 Å². The number of carbonyl (C=O) groups excluding carboxylic acids is 2. The van der Waals surface area contributed by atoms with Gasteiger partial charge in [0, 0.05) is 31.1 Å². The highest BCUT2D eigenvalue weighted by Gasteiger charge is 2.44. The molecule has 24 heavy (non-hydrogen) atoms. The first-order valence-corrected chi connectivity index (χ1v) is 8.12. The molecule has 0 radical (unpaired) electrons. The van der Waals surface area contributed by atoms with Gasteiger partial charge in [-0.3, -0.25) is 9.59 Å². The van der Waals surface area contributed by atoms with Crippen LogP contribution in [0.4, 0.5) is 4.39 Å². The monoisotopic (exact) mass is 332 g/mol. The van der Waals surface area contributed by atoms with Gasteiger partial charge >= 0.3 is 0 Å². The Hall–Kier alpha value is -2.37. The summed E-state index contributed by atoms with van der Waals surface area (Å²) in [7, 11) is 1.80. The lowest BCUT2D eigenvalue weighted by Crippen LogP contribution is -2.47. The predicted octanol–water partition coefficient (Wildman–Crippen LogP) is 2.24. The highest BCUT2D eigenvalue weighted by molar-refractivity contribution is 5.80. The van der Waals surface area contributed by atoms with E-state index in [1.54, 1.807) is 11.9 Å². The molecule has 1 aliphatic carbocycles. The summed E-state index contributed by atoms with van der Waals surface area (Å²) >= 11 is 0. The summed E-state index contributed by atoms with van der Waals surface area (Å²) in [5.41, 5.74) is 0.882. The van der Waals surface area contributed by atoms with Crippen LogP contribution in [0.25, 0.3) is 0 Å². The zero-order valence-electron chi connectivity index (χ0n) is 13.7. The second kappa shape index (κ2) is 6.63. The van der Waals surface area contributed by atoms with Crippen molar-refractivity contribution in [1.29, 1.82) is 0 Å². The van der Waals surface area contributed by atoms with Gasteiger partial charge < -0.3 is 15.0 Å². The van der Waals surface area contributed by atoms with Crippen LogP contribution in [0.5, 0.6) is 5.75 Å². The number of fused-ring (bicyclic) bond motifs is 1. The molecule has 1 aromatic rings. The van der Waals surface area contributed by atoms with Crippen molar-refractivity contribution < 1.29 is 18.7 Å². The van der Waals surface area contributed by atoms with Crippen molar-refractivity contribution in [3.05, 3.63) is 41.9 Å². The minimum Gasteiger partial charge on any atom is -0.484 e. The number of halogens is 1. The van der Waals surface area contributed by atoms with Gasteiger partial charge in [0.25, 0.3) is 5.91 Å². The lowest BCUT2D eigenvalue weighted by molar-refractivity contribution is -0.132. The number of nitrogens with one attached hydrogen (secondary N) is 1. The second-order valence-corrected chi connectivity index (χ2v) is 6.38. The van der Waals surface area contributed by atoms with Crippen LogP contribution in [0.3, 0.4) is 0 Å². The number of hydrogen-bond donors (Lipinski definition) is 1. The molecule has 1 atom stereocenters. The second-order valence-electron chi connectivity index (χ2n) is 6.38. The number of amides is 2. The van der Waals surface area contributed by atoms with E-state index in [2.05, 4.69) is 11.4 Å². The number of allylic oxidation sites excluding steroid dienone is 1. The quantitative estimate of drug-likeness (QED) is 0.900. The molecule has 0 spiro atoms. The molecule has 128 valence electrons. The lowest BCUT2D eigenvalue weighted by Gasteiger charge is -2.41. The fourth-order valence-electron chi connectivity index (χ4n) is 3.49. The van der Waals surface area contributed by atoms with Gasteiger partial charge in [0.15, 0.2) is 6.61 Å². The molecule has 1 aromatic carbocycles. The molecule has 0 aromatic heterocycles. The average molecular weight is 332 g/mol. The van der Waals surface area contributed by atoms with Gasteiger partial charge in [0.05, 0.1) is 0 Å².